The number of hydrogen-bond donors (Lipinski definition) is 23. The number of nitrogens with two attached hydrogens (primary N) is 3. The van der Waals surface area contributed by atoms with E-state index >= 15 is 14.4 Å². The fourth-order valence-corrected chi connectivity index (χ4v) is 13.4. The van der Waals surface area contributed by atoms with E-state index in [0.29, 0.717) is 53.3 Å². The number of unbranched alkanes of at least 4 members (excludes halogenated alkanes) is 2. The average molecular weight is 1660 g/mol. The number of phenolic OH excluding ortho intramolecular Hbond substituents is 1. The Kier molecular flexibility index (Phi) is 38.6. The van der Waals surface area contributed by atoms with Crippen molar-refractivity contribution in [3.05, 3.63) is 120 Å². The molecule has 14 amide bonds. The zero-order valence-electron chi connectivity index (χ0n) is 67.2. The molecule has 3 heterocycles. The number of hydrogen-bond acceptors (Lipinski definition) is 21. The molecule has 40 heteroatoms. The predicted molar refractivity (Wildman–Crippen MR) is 432 cm³/mol. The number of fused-ring (bicyclic) bond motifs is 1. The minimum atomic E-state index is -1.83. The number of nitrogens with one attached hydrogen (secondary N) is 16. The SMILES string of the molecule is CCCC[C@H](NC(=O)[C@H](CO)NC(=O)[C@H](Cc1ccc(O)cc1)NC(=O)[C@H](CO)NC(C)=O)C(=O)N[C@@H](CCC(=O)O)C(=O)N[C@@H](Cc1c[nH]cn1)C(=O)N[C@H](C(=O)N[C@@H](CCCNC(=N)N)C(=O)N[C@@H](Cc1c[nH]c2ccccc12)C(=O)NCC(=O)N[C@@H](CCCCN)C(=O)N1CCC[C@H]1C(=O)N[C@H](C(N)=O)C(C)C)[C@H](C)c1ccccc1. The maximum atomic E-state index is 15.4. The zero-order valence-corrected chi connectivity index (χ0v) is 67.2. The van der Waals surface area contributed by atoms with E-state index in [1.54, 1.807) is 88.5 Å². The number of likely N-dealkylation sites (tertiary alicyclic amines) is 1. The van der Waals surface area contributed by atoms with E-state index in [0.717, 1.165) is 6.92 Å². The summed E-state index contributed by atoms with van der Waals surface area (Å²) in [7, 11) is 0. The van der Waals surface area contributed by atoms with E-state index < -0.39 is 212 Å². The fourth-order valence-electron chi connectivity index (χ4n) is 13.4. The monoisotopic (exact) mass is 1660 g/mol. The van der Waals surface area contributed by atoms with Crippen molar-refractivity contribution in [1.29, 1.82) is 5.41 Å². The highest BCUT2D eigenvalue weighted by Gasteiger charge is 2.41. The normalized spacial score (nSPS) is 15.5. The summed E-state index contributed by atoms with van der Waals surface area (Å²) in [5.41, 5.74) is 19.3. The van der Waals surface area contributed by atoms with Crippen LogP contribution in [0.2, 0.25) is 0 Å². The number of aliphatic hydroxyl groups is 2. The highest BCUT2D eigenvalue weighted by Crippen LogP contribution is 2.25. The quantitative estimate of drug-likeness (QED) is 0.0102. The summed E-state index contributed by atoms with van der Waals surface area (Å²) < 4.78 is 0. The number of phenols is 1. The Bertz CT molecular complexity index is 4280. The predicted octanol–water partition coefficient (Wildman–Crippen LogP) is -3.54. The molecule has 1 saturated heterocycles. The highest BCUT2D eigenvalue weighted by atomic mass is 16.4. The fraction of sp³-hybridized carbons (Fsp3) is 0.506. The molecule has 0 spiro atoms. The van der Waals surface area contributed by atoms with Crippen LogP contribution in [0.5, 0.6) is 5.75 Å². The first-order valence-electron chi connectivity index (χ1n) is 39.5. The van der Waals surface area contributed by atoms with Crippen LogP contribution >= 0.6 is 0 Å². The van der Waals surface area contributed by atoms with Crippen LogP contribution < -0.4 is 86.3 Å². The lowest BCUT2D eigenvalue weighted by Gasteiger charge is -2.30. The van der Waals surface area contributed by atoms with Crippen LogP contribution in [0.3, 0.4) is 0 Å². The van der Waals surface area contributed by atoms with Crippen LogP contribution in [-0.4, -0.2) is 247 Å². The van der Waals surface area contributed by atoms with Gasteiger partial charge in [-0.2, -0.15) is 0 Å². The van der Waals surface area contributed by atoms with Crippen molar-refractivity contribution in [3.63, 3.8) is 0 Å². The number of amides is 14. The van der Waals surface area contributed by atoms with Gasteiger partial charge in [0.15, 0.2) is 5.96 Å². The van der Waals surface area contributed by atoms with Crippen LogP contribution in [0.4, 0.5) is 0 Å². The number of aromatic nitrogens is 3. The summed E-state index contributed by atoms with van der Waals surface area (Å²) in [6.45, 7) is 5.54. The van der Waals surface area contributed by atoms with Crippen LogP contribution in [-0.2, 0) is 91.2 Å². The van der Waals surface area contributed by atoms with Gasteiger partial charge in [-0.15, -0.1) is 0 Å². The van der Waals surface area contributed by atoms with E-state index in [1.807, 2.05) is 0 Å². The van der Waals surface area contributed by atoms with E-state index in [9.17, 15) is 78.0 Å². The largest absolute Gasteiger partial charge is 0.508 e. The molecule has 5 aromatic rings. The lowest BCUT2D eigenvalue weighted by molar-refractivity contribution is -0.142. The molecule has 26 N–H and O–H groups in total. The average Bonchev–Trinajstić information content (AvgIpc) is 1.74. The van der Waals surface area contributed by atoms with Gasteiger partial charge in [-0.3, -0.25) is 77.3 Å². The van der Waals surface area contributed by atoms with Crippen molar-refractivity contribution in [2.75, 3.05) is 39.4 Å². The Hall–Kier alpha value is -12.6. The number of primary amides is 1. The van der Waals surface area contributed by atoms with Gasteiger partial charge >= 0.3 is 5.97 Å². The summed E-state index contributed by atoms with van der Waals surface area (Å²) in [4.78, 5) is 221. The summed E-state index contributed by atoms with van der Waals surface area (Å²) in [5.74, 6) is -16.1. The Morgan fingerprint density at radius 1 is 0.571 bits per heavy atom. The topological polar surface area (TPSA) is 643 Å². The van der Waals surface area contributed by atoms with Crippen molar-refractivity contribution in [1.82, 2.24) is 89.0 Å². The summed E-state index contributed by atoms with van der Waals surface area (Å²) >= 11 is 0. The highest BCUT2D eigenvalue weighted by molar-refractivity contribution is 6.01. The second-order valence-electron chi connectivity index (χ2n) is 29.4. The molecule has 119 heavy (non-hydrogen) atoms. The van der Waals surface area contributed by atoms with Crippen molar-refractivity contribution in [3.8, 4) is 5.75 Å². The first-order valence-corrected chi connectivity index (χ1v) is 39.5. The number of aromatic amines is 2. The molecule has 0 unspecified atom stereocenters. The van der Waals surface area contributed by atoms with Crippen LogP contribution in [0, 0.1) is 11.3 Å². The van der Waals surface area contributed by atoms with E-state index in [-0.39, 0.29) is 88.4 Å². The third kappa shape index (κ3) is 30.4. The second kappa shape index (κ2) is 48.2. The lowest BCUT2D eigenvalue weighted by atomic mass is 9.91. The van der Waals surface area contributed by atoms with E-state index in [2.05, 4.69) is 84.1 Å². The molecule has 1 aliphatic heterocycles. The maximum absolute atomic E-state index is 15.4. The van der Waals surface area contributed by atoms with Gasteiger partial charge in [0.05, 0.1) is 31.8 Å². The second-order valence-corrected chi connectivity index (χ2v) is 29.4. The molecule has 3 aromatic carbocycles. The molecule has 40 nitrogen and oxygen atoms in total. The Balaban J connectivity index is 1.27. The van der Waals surface area contributed by atoms with Gasteiger partial charge in [0.1, 0.15) is 78.3 Å². The third-order valence-electron chi connectivity index (χ3n) is 19.9. The molecule has 2 aromatic heterocycles. The number of imidazole rings is 1. The number of H-pyrrole nitrogens is 2. The molecule has 1 aliphatic rings. The molecule has 0 bridgehead atoms. The number of aromatic hydroxyl groups is 1. The number of nitrogens with zero attached hydrogens (tertiary/aromatic N) is 2. The number of carbonyl (C=O) groups is 15. The van der Waals surface area contributed by atoms with Gasteiger partial charge in [0.25, 0.3) is 0 Å². The molecular weight excluding hydrogens is 1550 g/mol. The summed E-state index contributed by atoms with van der Waals surface area (Å²) in [5, 5.41) is 82.1. The molecule has 1 fully saturated rings. The van der Waals surface area contributed by atoms with Gasteiger partial charge in [0.2, 0.25) is 82.7 Å². The van der Waals surface area contributed by atoms with Crippen LogP contribution in [0.1, 0.15) is 140 Å². The van der Waals surface area contributed by atoms with Crippen molar-refractivity contribution in [2.45, 2.75) is 209 Å². The van der Waals surface area contributed by atoms with Crippen LogP contribution in [0.25, 0.3) is 10.9 Å². The Labute approximate surface area is 687 Å². The van der Waals surface area contributed by atoms with Crippen molar-refractivity contribution in [2.24, 2.45) is 23.1 Å². The number of benzene rings is 3. The molecule has 648 valence electrons. The van der Waals surface area contributed by atoms with Gasteiger partial charge in [-0.1, -0.05) is 101 Å². The minimum absolute atomic E-state index is 0.00796. The number of aliphatic hydroxyl groups excluding tert-OH is 2. The van der Waals surface area contributed by atoms with Gasteiger partial charge in [0, 0.05) is 74.9 Å². The van der Waals surface area contributed by atoms with E-state index in [1.165, 1.54) is 41.7 Å². The van der Waals surface area contributed by atoms with Crippen LogP contribution in [0.15, 0.2) is 97.6 Å². The maximum Gasteiger partial charge on any atom is 0.303 e. The first-order chi connectivity index (χ1) is 56.7. The zero-order chi connectivity index (χ0) is 87.4. The number of carboxylic acids is 1. The summed E-state index contributed by atoms with van der Waals surface area (Å²) in [6, 6.07) is 2.97. The number of carbonyl (C=O) groups excluding carboxylic acids is 14. The van der Waals surface area contributed by atoms with E-state index in [4.69, 9.17) is 22.6 Å². The van der Waals surface area contributed by atoms with Gasteiger partial charge in [-0.05, 0) is 105 Å². The Morgan fingerprint density at radius 3 is 1.70 bits per heavy atom. The molecule has 13 atom stereocenters. The summed E-state index contributed by atoms with van der Waals surface area (Å²) in [6.07, 6.45) is 4.00. The molecule has 0 aliphatic carbocycles. The first kappa shape index (κ1) is 95.3. The molecule has 6 rings (SSSR count). The van der Waals surface area contributed by atoms with Crippen molar-refractivity contribution < 1.29 is 92.3 Å². The number of carboxylic acid groups (broad SMARTS) is 1. The van der Waals surface area contributed by atoms with Gasteiger partial charge < -0.3 is 122 Å². The molecular formula is C79H113N21O19. The van der Waals surface area contributed by atoms with Crippen molar-refractivity contribution >= 4 is 106 Å². The Morgan fingerprint density at radius 2 is 1.12 bits per heavy atom. The number of aliphatic carboxylic acids is 1. The number of para-hydroxylation sites is 1. The smallest absolute Gasteiger partial charge is 0.303 e. The standard InChI is InChI=1S/C79H113N21O19/c1-6-7-20-53(91-75(116)61(41-102)97-72(113)57(34-46-25-27-50(104)28-26-46)94-74(115)60(40-101)89-45(5)103)69(110)92-55(29-30-64(106)107)71(112)96-59(36-49-38-84-42-88-49)73(114)99-66(44(4)47-17-9-8-10-18-47)77(118)93-54(23-15-32-85-79(82)83)70(111)95-58(35-48-37-86-52-21-12-11-19-51(48)52)68(109)87-39-63(105)90-56(22-13-14-31-80)78(119)100-33-16-24-62(100)76(117)98-65(43(2)3)67(81)108/h8-12,17-19,21,25-28,37-38,42-44,53-62,65-66,86,101-102,104H,6-7,13-16,20,22-24,29-36,39-41,80H2,1-5H3,(H2,81,108)(H,84,88)(H,87,109)(H,89,103)(H,90,105)(H,91,116)(H,92,110)(H,93,118)(H,94,115)(H,95,111)(H,96,112)(H,97,113)(H,98,117)(H,99,114)(H,106,107)(H4,82,83,85)/t44-,53+,54+,55+,56+,57+,58+,59+,60+,61+,62+,65+,66+/m1/s1. The lowest BCUT2D eigenvalue weighted by Crippen LogP contribution is -2.61. The number of guanidine groups is 1. The third-order valence-corrected chi connectivity index (χ3v) is 19.9. The molecule has 0 saturated carbocycles. The molecule has 0 radical (unpaired) electrons. The minimum Gasteiger partial charge on any atom is -0.508 e. The number of rotatable bonds is 50. The van der Waals surface area contributed by atoms with Gasteiger partial charge in [-0.25, -0.2) is 4.98 Å².